The van der Waals surface area contributed by atoms with Crippen molar-refractivity contribution in [3.63, 3.8) is 0 Å². The summed E-state index contributed by atoms with van der Waals surface area (Å²) < 4.78 is 5.32. The van der Waals surface area contributed by atoms with Crippen LogP contribution in [-0.2, 0) is 11.2 Å². The number of non-ortho nitro benzene ring substituents is 1. The topological polar surface area (TPSA) is 111 Å². The highest BCUT2D eigenvalue weighted by Gasteiger charge is 2.10. The molecular formula is C17H17N3O5. The molecule has 0 unspecified atom stereocenters. The van der Waals surface area contributed by atoms with Gasteiger partial charge in [-0.3, -0.25) is 30.6 Å². The van der Waals surface area contributed by atoms with Crippen LogP contribution < -0.4 is 15.6 Å². The van der Waals surface area contributed by atoms with Crippen molar-refractivity contribution in [1.29, 1.82) is 0 Å². The molecule has 0 atom stereocenters. The van der Waals surface area contributed by atoms with Crippen molar-refractivity contribution >= 4 is 17.5 Å². The van der Waals surface area contributed by atoms with Crippen molar-refractivity contribution in [2.45, 2.75) is 13.3 Å². The number of benzene rings is 2. The number of amides is 2. The smallest absolute Gasteiger partial charge is 0.269 e. The largest absolute Gasteiger partial charge is 0.494 e. The van der Waals surface area contributed by atoms with Crippen LogP contribution in [0.15, 0.2) is 48.5 Å². The molecule has 2 amide bonds. The minimum atomic E-state index is -0.560. The first-order valence-electron chi connectivity index (χ1n) is 7.55. The van der Waals surface area contributed by atoms with Gasteiger partial charge < -0.3 is 4.74 Å². The van der Waals surface area contributed by atoms with Gasteiger partial charge in [-0.05, 0) is 36.8 Å². The lowest BCUT2D eigenvalue weighted by Crippen LogP contribution is -2.42. The van der Waals surface area contributed by atoms with Gasteiger partial charge in [0.25, 0.3) is 11.6 Å². The third-order valence-electron chi connectivity index (χ3n) is 3.25. The maximum atomic E-state index is 11.9. The summed E-state index contributed by atoms with van der Waals surface area (Å²) in [5, 5.41) is 10.6. The minimum absolute atomic E-state index is 0.0902. The average molecular weight is 343 g/mol. The number of nitrogens with one attached hydrogen (secondary N) is 2. The zero-order valence-electron chi connectivity index (χ0n) is 13.5. The summed E-state index contributed by atoms with van der Waals surface area (Å²) in [5.41, 5.74) is 5.42. The fourth-order valence-corrected chi connectivity index (χ4v) is 2.03. The Balaban J connectivity index is 1.84. The van der Waals surface area contributed by atoms with Crippen molar-refractivity contribution in [3.8, 4) is 5.75 Å². The summed E-state index contributed by atoms with van der Waals surface area (Å²) in [6.45, 7) is 2.45. The van der Waals surface area contributed by atoms with Gasteiger partial charge in [-0.1, -0.05) is 12.1 Å². The molecule has 0 aromatic heterocycles. The lowest BCUT2D eigenvalue weighted by Gasteiger charge is -2.08. The summed E-state index contributed by atoms with van der Waals surface area (Å²) >= 11 is 0. The second kappa shape index (κ2) is 8.44. The van der Waals surface area contributed by atoms with Gasteiger partial charge in [0.15, 0.2) is 0 Å². The van der Waals surface area contributed by atoms with Gasteiger partial charge in [-0.25, -0.2) is 0 Å². The standard InChI is InChI=1S/C17H17N3O5/c1-2-25-15-9-3-12(4-10-15)11-16(21)18-19-17(22)13-5-7-14(8-6-13)20(23)24/h3-10H,2,11H2,1H3,(H,18,21)(H,19,22). The molecule has 0 bridgehead atoms. The predicted octanol–water partition coefficient (Wildman–Crippen LogP) is 2.00. The molecule has 8 nitrogen and oxygen atoms in total. The van der Waals surface area contributed by atoms with Gasteiger partial charge in [0.1, 0.15) is 5.75 Å². The maximum absolute atomic E-state index is 11.9. The van der Waals surface area contributed by atoms with Gasteiger partial charge in [0, 0.05) is 17.7 Å². The van der Waals surface area contributed by atoms with E-state index in [-0.39, 0.29) is 23.6 Å². The number of ether oxygens (including phenoxy) is 1. The van der Waals surface area contributed by atoms with E-state index in [1.165, 1.54) is 24.3 Å². The molecule has 8 heteroatoms. The van der Waals surface area contributed by atoms with E-state index in [0.717, 1.165) is 11.3 Å². The van der Waals surface area contributed by atoms with Crippen molar-refractivity contribution in [2.24, 2.45) is 0 Å². The van der Waals surface area contributed by atoms with Crippen LogP contribution in [0.1, 0.15) is 22.8 Å². The molecule has 2 N–H and O–H groups in total. The van der Waals surface area contributed by atoms with Gasteiger partial charge in [-0.15, -0.1) is 0 Å². The van der Waals surface area contributed by atoms with Gasteiger partial charge in [-0.2, -0.15) is 0 Å². The van der Waals surface area contributed by atoms with Crippen LogP contribution in [-0.4, -0.2) is 23.3 Å². The van der Waals surface area contributed by atoms with Gasteiger partial charge in [0.2, 0.25) is 5.91 Å². The van der Waals surface area contributed by atoms with Crippen LogP contribution in [0.2, 0.25) is 0 Å². The maximum Gasteiger partial charge on any atom is 0.269 e. The van der Waals surface area contributed by atoms with E-state index in [4.69, 9.17) is 4.74 Å². The lowest BCUT2D eigenvalue weighted by atomic mass is 10.1. The first-order chi connectivity index (χ1) is 12.0. The van der Waals surface area contributed by atoms with Gasteiger partial charge >= 0.3 is 0 Å². The normalized spacial score (nSPS) is 9.96. The monoisotopic (exact) mass is 343 g/mol. The number of hydrogen-bond acceptors (Lipinski definition) is 5. The Hall–Kier alpha value is -3.42. The lowest BCUT2D eigenvalue weighted by molar-refractivity contribution is -0.384. The van der Waals surface area contributed by atoms with Crippen molar-refractivity contribution in [1.82, 2.24) is 10.9 Å². The molecule has 0 saturated carbocycles. The highest BCUT2D eigenvalue weighted by atomic mass is 16.6. The van der Waals surface area contributed by atoms with Crippen LogP contribution in [0.25, 0.3) is 0 Å². The SMILES string of the molecule is CCOc1ccc(CC(=O)NNC(=O)c2ccc([N+](=O)[O-])cc2)cc1. The summed E-state index contributed by atoms with van der Waals surface area (Å²) in [6.07, 6.45) is 0.0902. The summed E-state index contributed by atoms with van der Waals surface area (Å²) in [4.78, 5) is 33.8. The average Bonchev–Trinajstić information content (AvgIpc) is 2.61. The first-order valence-corrected chi connectivity index (χ1v) is 7.55. The van der Waals surface area contributed by atoms with E-state index >= 15 is 0 Å². The molecule has 130 valence electrons. The Morgan fingerprint density at radius 2 is 1.68 bits per heavy atom. The van der Waals surface area contributed by atoms with Crippen molar-refractivity contribution < 1.29 is 19.2 Å². The van der Waals surface area contributed by atoms with E-state index in [1.54, 1.807) is 24.3 Å². The molecule has 0 aliphatic heterocycles. The number of rotatable bonds is 6. The molecule has 0 fully saturated rings. The molecule has 0 spiro atoms. The van der Waals surface area contributed by atoms with E-state index in [1.807, 2.05) is 6.92 Å². The highest BCUT2D eigenvalue weighted by molar-refractivity contribution is 5.95. The Morgan fingerprint density at radius 3 is 2.24 bits per heavy atom. The number of carbonyl (C=O) groups is 2. The van der Waals surface area contributed by atoms with Crippen LogP contribution in [0.4, 0.5) is 5.69 Å². The number of hydrazine groups is 1. The molecule has 0 heterocycles. The first kappa shape index (κ1) is 17.9. The van der Waals surface area contributed by atoms with E-state index in [9.17, 15) is 19.7 Å². The van der Waals surface area contributed by atoms with E-state index < -0.39 is 10.8 Å². The number of nitro benzene ring substituents is 1. The number of nitro groups is 1. The van der Waals surface area contributed by atoms with Gasteiger partial charge in [0.05, 0.1) is 18.0 Å². The van der Waals surface area contributed by atoms with Crippen LogP contribution in [0.3, 0.4) is 0 Å². The number of hydrogen-bond donors (Lipinski definition) is 2. The molecule has 0 aliphatic carbocycles. The Labute approximate surface area is 143 Å². The molecule has 0 saturated heterocycles. The number of carbonyl (C=O) groups excluding carboxylic acids is 2. The molecule has 0 aliphatic rings. The van der Waals surface area contributed by atoms with Crippen molar-refractivity contribution in [2.75, 3.05) is 6.61 Å². The molecule has 2 rings (SSSR count). The third kappa shape index (κ3) is 5.31. The van der Waals surface area contributed by atoms with E-state index in [0.29, 0.717) is 6.61 Å². The molecule has 2 aromatic carbocycles. The summed E-state index contributed by atoms with van der Waals surface area (Å²) in [7, 11) is 0. The molecule has 2 aromatic rings. The molecular weight excluding hydrogens is 326 g/mol. The Bertz CT molecular complexity index is 757. The fraction of sp³-hybridized carbons (Fsp3) is 0.176. The van der Waals surface area contributed by atoms with E-state index in [2.05, 4.69) is 10.9 Å². The van der Waals surface area contributed by atoms with Crippen LogP contribution in [0.5, 0.6) is 5.75 Å². The number of nitrogens with zero attached hydrogens (tertiary/aromatic N) is 1. The molecule has 25 heavy (non-hydrogen) atoms. The summed E-state index contributed by atoms with van der Waals surface area (Å²) in [5.74, 6) is -0.229. The summed E-state index contributed by atoms with van der Waals surface area (Å²) in [6, 6.07) is 12.1. The second-order valence-electron chi connectivity index (χ2n) is 5.06. The zero-order valence-corrected chi connectivity index (χ0v) is 13.5. The Kier molecular flexibility index (Phi) is 6.05. The quantitative estimate of drug-likeness (QED) is 0.615. The Morgan fingerprint density at radius 1 is 1.04 bits per heavy atom. The highest BCUT2D eigenvalue weighted by Crippen LogP contribution is 2.13. The van der Waals surface area contributed by atoms with Crippen LogP contribution >= 0.6 is 0 Å². The minimum Gasteiger partial charge on any atom is -0.494 e. The fourth-order valence-electron chi connectivity index (χ4n) is 2.03. The predicted molar refractivity (Wildman–Crippen MR) is 90.0 cm³/mol. The molecule has 0 radical (unpaired) electrons. The second-order valence-corrected chi connectivity index (χ2v) is 5.06. The zero-order chi connectivity index (χ0) is 18.2. The van der Waals surface area contributed by atoms with Crippen molar-refractivity contribution in [3.05, 3.63) is 69.8 Å². The van der Waals surface area contributed by atoms with Crippen LogP contribution in [0, 0.1) is 10.1 Å². The third-order valence-corrected chi connectivity index (χ3v) is 3.25.